The Labute approximate surface area is 86.3 Å². The highest BCUT2D eigenvalue weighted by Crippen LogP contribution is 2.27. The molecule has 1 N–H and O–H groups in total. The third-order valence-electron chi connectivity index (χ3n) is 2.04. The van der Waals surface area contributed by atoms with Crippen LogP contribution in [0.1, 0.15) is 24.8 Å². The molecule has 0 aliphatic heterocycles. The van der Waals surface area contributed by atoms with Crippen LogP contribution in [0.15, 0.2) is 18.2 Å². The second kappa shape index (κ2) is 4.42. The van der Waals surface area contributed by atoms with Crippen molar-refractivity contribution in [1.29, 1.82) is 0 Å². The fourth-order valence-corrected chi connectivity index (χ4v) is 1.56. The average molecular weight is 217 g/mol. The van der Waals surface area contributed by atoms with Crippen molar-refractivity contribution >= 4 is 17.6 Å². The van der Waals surface area contributed by atoms with Gasteiger partial charge in [0.05, 0.1) is 5.92 Å². The first kappa shape index (κ1) is 11.0. The van der Waals surface area contributed by atoms with Gasteiger partial charge in [-0.3, -0.25) is 4.79 Å². The standard InChI is InChI=1S/C10H10ClFO2/c1-2-7(10(13)14)8-5-6(12)3-4-9(8)11/h3-5,7H,2H2,1H3,(H,13,14). The molecule has 0 aromatic heterocycles. The summed E-state index contributed by atoms with van der Waals surface area (Å²) in [6.07, 6.45) is 0.387. The molecule has 0 spiro atoms. The lowest BCUT2D eigenvalue weighted by Gasteiger charge is -2.11. The fraction of sp³-hybridized carbons (Fsp3) is 0.300. The average Bonchev–Trinajstić information content (AvgIpc) is 2.11. The molecule has 14 heavy (non-hydrogen) atoms. The number of halogens is 2. The number of hydrogen-bond acceptors (Lipinski definition) is 1. The predicted octanol–water partition coefficient (Wildman–Crippen LogP) is 3.06. The molecule has 4 heteroatoms. The van der Waals surface area contributed by atoms with Crippen molar-refractivity contribution in [3.63, 3.8) is 0 Å². The lowest BCUT2D eigenvalue weighted by Crippen LogP contribution is -2.11. The predicted molar refractivity (Wildman–Crippen MR) is 52.1 cm³/mol. The number of aliphatic carboxylic acids is 1. The molecule has 1 rings (SSSR count). The van der Waals surface area contributed by atoms with Gasteiger partial charge in [0, 0.05) is 5.02 Å². The lowest BCUT2D eigenvalue weighted by atomic mass is 9.96. The van der Waals surface area contributed by atoms with Crippen LogP contribution in [0.3, 0.4) is 0 Å². The van der Waals surface area contributed by atoms with E-state index in [1.54, 1.807) is 6.92 Å². The molecule has 0 bridgehead atoms. The van der Waals surface area contributed by atoms with Crippen LogP contribution in [-0.4, -0.2) is 11.1 Å². The van der Waals surface area contributed by atoms with E-state index in [4.69, 9.17) is 16.7 Å². The minimum absolute atomic E-state index is 0.292. The summed E-state index contributed by atoms with van der Waals surface area (Å²) in [5, 5.41) is 9.15. The van der Waals surface area contributed by atoms with Gasteiger partial charge in [0.2, 0.25) is 0 Å². The summed E-state index contributed by atoms with van der Waals surface area (Å²) >= 11 is 5.78. The van der Waals surface area contributed by atoms with Gasteiger partial charge < -0.3 is 5.11 Å². The van der Waals surface area contributed by atoms with Gasteiger partial charge in [-0.05, 0) is 30.2 Å². The van der Waals surface area contributed by atoms with Gasteiger partial charge in [-0.25, -0.2) is 4.39 Å². The number of benzene rings is 1. The van der Waals surface area contributed by atoms with Gasteiger partial charge in [-0.15, -0.1) is 0 Å². The minimum atomic E-state index is -0.986. The molecule has 0 aliphatic rings. The van der Waals surface area contributed by atoms with E-state index in [1.165, 1.54) is 18.2 Å². The van der Waals surface area contributed by atoms with E-state index in [0.717, 1.165) is 0 Å². The Morgan fingerprint density at radius 1 is 1.64 bits per heavy atom. The Morgan fingerprint density at radius 3 is 2.79 bits per heavy atom. The topological polar surface area (TPSA) is 37.3 Å². The third kappa shape index (κ3) is 2.23. The van der Waals surface area contributed by atoms with Gasteiger partial charge in [0.15, 0.2) is 0 Å². The van der Waals surface area contributed by atoms with Crippen LogP contribution in [0.4, 0.5) is 4.39 Å². The number of carboxylic acids is 1. The molecule has 0 saturated heterocycles. The molecule has 1 aromatic rings. The molecule has 1 aromatic carbocycles. The monoisotopic (exact) mass is 216 g/mol. The van der Waals surface area contributed by atoms with Crippen molar-refractivity contribution in [2.75, 3.05) is 0 Å². The molecule has 0 fully saturated rings. The highest BCUT2D eigenvalue weighted by molar-refractivity contribution is 6.31. The molecular formula is C10H10ClFO2. The van der Waals surface area contributed by atoms with E-state index < -0.39 is 17.7 Å². The van der Waals surface area contributed by atoms with Crippen molar-refractivity contribution in [2.45, 2.75) is 19.3 Å². The van der Waals surface area contributed by atoms with Crippen molar-refractivity contribution in [2.24, 2.45) is 0 Å². The van der Waals surface area contributed by atoms with Crippen LogP contribution < -0.4 is 0 Å². The molecule has 76 valence electrons. The summed E-state index contributed by atoms with van der Waals surface area (Å²) < 4.78 is 12.9. The van der Waals surface area contributed by atoms with E-state index in [0.29, 0.717) is 17.0 Å². The maximum atomic E-state index is 12.9. The first-order chi connectivity index (χ1) is 6.56. The summed E-state index contributed by atoms with van der Waals surface area (Å²) in [6, 6.07) is 3.75. The van der Waals surface area contributed by atoms with E-state index in [-0.39, 0.29) is 0 Å². The molecule has 0 heterocycles. The Kier molecular flexibility index (Phi) is 3.47. The van der Waals surface area contributed by atoms with Gasteiger partial charge in [0.25, 0.3) is 0 Å². The zero-order valence-electron chi connectivity index (χ0n) is 7.63. The summed E-state index contributed by atoms with van der Waals surface area (Å²) in [6.45, 7) is 1.72. The Hall–Kier alpha value is -1.09. The third-order valence-corrected chi connectivity index (χ3v) is 2.38. The second-order valence-electron chi connectivity index (χ2n) is 2.96. The lowest BCUT2D eigenvalue weighted by molar-refractivity contribution is -0.138. The molecular weight excluding hydrogens is 207 g/mol. The van der Waals surface area contributed by atoms with E-state index in [2.05, 4.69) is 0 Å². The molecule has 0 amide bonds. The zero-order valence-corrected chi connectivity index (χ0v) is 8.38. The van der Waals surface area contributed by atoms with Crippen molar-refractivity contribution in [3.05, 3.63) is 34.6 Å². The second-order valence-corrected chi connectivity index (χ2v) is 3.37. The first-order valence-electron chi connectivity index (χ1n) is 4.24. The largest absolute Gasteiger partial charge is 0.481 e. The molecule has 1 atom stereocenters. The Balaban J connectivity index is 3.15. The number of rotatable bonds is 3. The first-order valence-corrected chi connectivity index (χ1v) is 4.61. The van der Waals surface area contributed by atoms with E-state index in [9.17, 15) is 9.18 Å². The van der Waals surface area contributed by atoms with Crippen molar-refractivity contribution in [1.82, 2.24) is 0 Å². The van der Waals surface area contributed by atoms with Crippen LogP contribution in [0.2, 0.25) is 5.02 Å². The summed E-state index contributed by atoms with van der Waals surface area (Å²) in [5.41, 5.74) is 0.335. The molecule has 0 aliphatic carbocycles. The van der Waals surface area contributed by atoms with Crippen LogP contribution in [0.25, 0.3) is 0 Å². The number of carboxylic acid groups (broad SMARTS) is 1. The Morgan fingerprint density at radius 2 is 2.29 bits per heavy atom. The molecule has 2 nitrogen and oxygen atoms in total. The minimum Gasteiger partial charge on any atom is -0.481 e. The number of carbonyl (C=O) groups is 1. The van der Waals surface area contributed by atoms with E-state index >= 15 is 0 Å². The maximum absolute atomic E-state index is 12.9. The SMILES string of the molecule is CCC(C(=O)O)c1cc(F)ccc1Cl. The van der Waals surface area contributed by atoms with Crippen LogP contribution in [0, 0.1) is 5.82 Å². The molecule has 1 unspecified atom stereocenters. The van der Waals surface area contributed by atoms with Gasteiger partial charge in [0.1, 0.15) is 5.82 Å². The van der Waals surface area contributed by atoms with Gasteiger partial charge in [-0.2, -0.15) is 0 Å². The van der Waals surface area contributed by atoms with E-state index in [1.807, 2.05) is 0 Å². The highest BCUT2D eigenvalue weighted by Gasteiger charge is 2.20. The summed E-state index contributed by atoms with van der Waals surface area (Å²) in [5.74, 6) is -2.19. The quantitative estimate of drug-likeness (QED) is 0.843. The molecule has 0 radical (unpaired) electrons. The Bertz CT molecular complexity index is 352. The molecule has 0 saturated carbocycles. The summed E-state index contributed by atoms with van der Waals surface area (Å²) in [4.78, 5) is 10.8. The maximum Gasteiger partial charge on any atom is 0.311 e. The van der Waals surface area contributed by atoms with Gasteiger partial charge in [-0.1, -0.05) is 18.5 Å². The summed E-state index contributed by atoms with van der Waals surface area (Å²) in [7, 11) is 0. The smallest absolute Gasteiger partial charge is 0.311 e. The fourth-order valence-electron chi connectivity index (χ4n) is 1.31. The van der Waals surface area contributed by atoms with Crippen molar-refractivity contribution in [3.8, 4) is 0 Å². The van der Waals surface area contributed by atoms with Crippen LogP contribution in [0.5, 0.6) is 0 Å². The number of hydrogen-bond donors (Lipinski definition) is 1. The zero-order chi connectivity index (χ0) is 10.7. The van der Waals surface area contributed by atoms with Crippen LogP contribution in [-0.2, 0) is 4.79 Å². The highest BCUT2D eigenvalue weighted by atomic mass is 35.5. The normalized spacial score (nSPS) is 12.5. The van der Waals surface area contributed by atoms with Crippen LogP contribution >= 0.6 is 11.6 Å². The van der Waals surface area contributed by atoms with Gasteiger partial charge >= 0.3 is 5.97 Å². The van der Waals surface area contributed by atoms with Crippen molar-refractivity contribution < 1.29 is 14.3 Å².